The maximum absolute atomic E-state index is 13.6. The first kappa shape index (κ1) is 18.9. The summed E-state index contributed by atoms with van der Waals surface area (Å²) in [6.45, 7) is 3.69. The monoisotopic (exact) mass is 389 g/mol. The smallest absolute Gasteiger partial charge is 0.267 e. The van der Waals surface area contributed by atoms with Gasteiger partial charge in [-0.15, -0.1) is 0 Å². The Kier molecular flexibility index (Phi) is 5.46. The molecule has 2 N–H and O–H groups in total. The third kappa shape index (κ3) is 4.46. The molecule has 0 spiro atoms. The van der Waals surface area contributed by atoms with Crippen molar-refractivity contribution in [1.29, 1.82) is 0 Å². The van der Waals surface area contributed by atoms with E-state index in [9.17, 15) is 12.8 Å². The van der Waals surface area contributed by atoms with E-state index >= 15 is 0 Å². The highest BCUT2D eigenvalue weighted by molar-refractivity contribution is 7.92. The molecule has 8 heteroatoms. The second-order valence-corrected chi connectivity index (χ2v) is 7.72. The molecule has 6 nitrogen and oxygen atoms in total. The van der Waals surface area contributed by atoms with Gasteiger partial charge in [0.15, 0.2) is 10.7 Å². The molecule has 2 aromatic carbocycles. The molecule has 0 aliphatic carbocycles. The highest BCUT2D eigenvalue weighted by Crippen LogP contribution is 2.23. The first-order valence-corrected chi connectivity index (χ1v) is 9.88. The number of hydrogen-bond donors (Lipinski definition) is 2. The first-order valence-electron chi connectivity index (χ1n) is 8.40. The molecule has 0 radical (unpaired) electrons. The number of hydrogen-bond acceptors (Lipinski definition) is 5. The lowest BCUT2D eigenvalue weighted by molar-refractivity contribution is 0.390. The number of sulfonamides is 1. The van der Waals surface area contributed by atoms with Crippen LogP contribution in [0.2, 0.25) is 0 Å². The molecule has 27 heavy (non-hydrogen) atoms. The van der Waals surface area contributed by atoms with Gasteiger partial charge in [-0.3, -0.25) is 4.72 Å². The van der Waals surface area contributed by atoms with Crippen molar-refractivity contribution in [3.05, 3.63) is 71.4 Å². The second-order valence-electron chi connectivity index (χ2n) is 6.10. The van der Waals surface area contributed by atoms with Crippen LogP contribution < -0.4 is 10.0 Å². The molecule has 0 saturated heterocycles. The molecule has 1 heterocycles. The fraction of sp³-hybridized carbons (Fsp3) is 0.211. The molecular formula is C19H20FN3O3S. The maximum Gasteiger partial charge on any atom is 0.267 e. The van der Waals surface area contributed by atoms with Crippen LogP contribution >= 0.6 is 0 Å². The third-order valence-electron chi connectivity index (χ3n) is 4.06. The van der Waals surface area contributed by atoms with Gasteiger partial charge in [-0.25, -0.2) is 12.8 Å². The molecule has 0 aliphatic rings. The fourth-order valence-electron chi connectivity index (χ4n) is 2.76. The van der Waals surface area contributed by atoms with Crippen molar-refractivity contribution in [2.75, 3.05) is 16.6 Å². The van der Waals surface area contributed by atoms with Crippen molar-refractivity contribution in [3.63, 3.8) is 0 Å². The summed E-state index contributed by atoms with van der Waals surface area (Å²) in [5.41, 5.74) is 2.20. The van der Waals surface area contributed by atoms with E-state index in [0.717, 1.165) is 5.69 Å². The van der Waals surface area contributed by atoms with Crippen LogP contribution in [-0.2, 0) is 16.4 Å². The summed E-state index contributed by atoms with van der Waals surface area (Å²) in [7, 11) is -3.77. The number of nitrogens with zero attached hydrogens (tertiary/aromatic N) is 1. The van der Waals surface area contributed by atoms with E-state index < -0.39 is 10.0 Å². The van der Waals surface area contributed by atoms with Gasteiger partial charge in [-0.05, 0) is 56.2 Å². The summed E-state index contributed by atoms with van der Waals surface area (Å²) < 4.78 is 46.0. The first-order chi connectivity index (χ1) is 12.9. The zero-order valence-electron chi connectivity index (χ0n) is 15.0. The van der Waals surface area contributed by atoms with Crippen LogP contribution in [0.15, 0.2) is 57.9 Å². The van der Waals surface area contributed by atoms with E-state index in [0.29, 0.717) is 29.9 Å². The van der Waals surface area contributed by atoms with E-state index in [1.807, 2.05) is 0 Å². The molecule has 0 bridgehead atoms. The molecule has 142 valence electrons. The lowest BCUT2D eigenvalue weighted by Crippen LogP contribution is -2.14. The summed E-state index contributed by atoms with van der Waals surface area (Å²) in [4.78, 5) is 0.0505. The average molecular weight is 389 g/mol. The van der Waals surface area contributed by atoms with Crippen LogP contribution in [0.3, 0.4) is 0 Å². The second kappa shape index (κ2) is 7.79. The Morgan fingerprint density at radius 1 is 1.04 bits per heavy atom. The Bertz CT molecular complexity index is 1010. The zero-order chi connectivity index (χ0) is 19.4. The number of halogens is 1. The third-order valence-corrected chi connectivity index (χ3v) is 5.68. The van der Waals surface area contributed by atoms with Crippen LogP contribution in [0.1, 0.15) is 17.0 Å². The van der Waals surface area contributed by atoms with Crippen molar-refractivity contribution < 1.29 is 17.3 Å². The number of anilines is 2. The molecule has 0 saturated carbocycles. The zero-order valence-corrected chi connectivity index (χ0v) is 15.8. The standard InChI is InChI=1S/C19H20FN3O3S/c1-13-19(14(2)26-22-13)27(24,25)23-17-9-7-16(8-10-17)21-12-11-15-5-3-4-6-18(15)20/h3-10,21,23H,11-12H2,1-2H3. The van der Waals surface area contributed by atoms with E-state index in [1.165, 1.54) is 6.07 Å². The Balaban J connectivity index is 1.61. The molecule has 0 unspecified atom stereocenters. The van der Waals surface area contributed by atoms with Gasteiger partial charge in [-0.1, -0.05) is 23.4 Å². The van der Waals surface area contributed by atoms with Crippen LogP contribution in [0, 0.1) is 19.7 Å². The topological polar surface area (TPSA) is 84.2 Å². The molecule has 3 aromatic rings. The van der Waals surface area contributed by atoms with Crippen molar-refractivity contribution in [1.82, 2.24) is 5.16 Å². The summed E-state index contributed by atoms with van der Waals surface area (Å²) in [6.07, 6.45) is 0.549. The molecule has 0 aliphatic heterocycles. The summed E-state index contributed by atoms with van der Waals surface area (Å²) >= 11 is 0. The van der Waals surface area contributed by atoms with Crippen molar-refractivity contribution in [2.24, 2.45) is 0 Å². The lowest BCUT2D eigenvalue weighted by Gasteiger charge is -2.10. The van der Waals surface area contributed by atoms with E-state index in [-0.39, 0.29) is 16.5 Å². The van der Waals surface area contributed by atoms with Gasteiger partial charge in [0.2, 0.25) is 0 Å². The highest BCUT2D eigenvalue weighted by atomic mass is 32.2. The van der Waals surface area contributed by atoms with Gasteiger partial charge < -0.3 is 9.84 Å². The Morgan fingerprint density at radius 3 is 2.33 bits per heavy atom. The molecular weight excluding hydrogens is 369 g/mol. The number of nitrogens with one attached hydrogen (secondary N) is 2. The van der Waals surface area contributed by atoms with Gasteiger partial charge in [0.1, 0.15) is 11.5 Å². The number of aryl methyl sites for hydroxylation is 2. The van der Waals surface area contributed by atoms with Crippen LogP contribution in [-0.4, -0.2) is 20.1 Å². The molecule has 1 aromatic heterocycles. The Labute approximate surface area is 157 Å². The SMILES string of the molecule is Cc1noc(C)c1S(=O)(=O)Nc1ccc(NCCc2ccccc2F)cc1. The average Bonchev–Trinajstić information content (AvgIpc) is 2.97. The maximum atomic E-state index is 13.6. The molecule has 0 atom stereocenters. The lowest BCUT2D eigenvalue weighted by atomic mass is 10.1. The fourth-order valence-corrected chi connectivity index (χ4v) is 4.15. The van der Waals surface area contributed by atoms with Crippen LogP contribution in [0.4, 0.5) is 15.8 Å². The number of aromatic nitrogens is 1. The number of rotatable bonds is 7. The van der Waals surface area contributed by atoms with Gasteiger partial charge >= 0.3 is 0 Å². The summed E-state index contributed by atoms with van der Waals surface area (Å²) in [5.74, 6) is 0.0230. The van der Waals surface area contributed by atoms with Crippen molar-refractivity contribution >= 4 is 21.4 Å². The minimum atomic E-state index is -3.77. The minimum Gasteiger partial charge on any atom is -0.385 e. The van der Waals surface area contributed by atoms with Crippen molar-refractivity contribution in [2.45, 2.75) is 25.2 Å². The van der Waals surface area contributed by atoms with Gasteiger partial charge in [0.25, 0.3) is 10.0 Å². The highest BCUT2D eigenvalue weighted by Gasteiger charge is 2.24. The Morgan fingerprint density at radius 2 is 1.70 bits per heavy atom. The largest absolute Gasteiger partial charge is 0.385 e. The predicted molar refractivity (Wildman–Crippen MR) is 102 cm³/mol. The Hall–Kier alpha value is -2.87. The summed E-state index contributed by atoms with van der Waals surface area (Å²) in [5, 5.41) is 6.86. The molecule has 0 amide bonds. The van der Waals surface area contributed by atoms with E-state index in [4.69, 9.17) is 4.52 Å². The normalized spacial score (nSPS) is 11.4. The van der Waals surface area contributed by atoms with E-state index in [2.05, 4.69) is 15.2 Å². The van der Waals surface area contributed by atoms with Crippen LogP contribution in [0.5, 0.6) is 0 Å². The van der Waals surface area contributed by atoms with Crippen molar-refractivity contribution in [3.8, 4) is 0 Å². The van der Waals surface area contributed by atoms with Gasteiger partial charge in [-0.2, -0.15) is 0 Å². The predicted octanol–water partition coefficient (Wildman–Crippen LogP) is 3.89. The van der Waals surface area contributed by atoms with Crippen LogP contribution in [0.25, 0.3) is 0 Å². The van der Waals surface area contributed by atoms with Gasteiger partial charge in [0, 0.05) is 17.9 Å². The minimum absolute atomic E-state index is 0.0505. The number of benzene rings is 2. The summed E-state index contributed by atoms with van der Waals surface area (Å²) in [6, 6.07) is 13.5. The quantitative estimate of drug-likeness (QED) is 0.640. The van der Waals surface area contributed by atoms with Gasteiger partial charge in [0.05, 0.1) is 0 Å². The van der Waals surface area contributed by atoms with E-state index in [1.54, 1.807) is 56.3 Å². The molecule has 0 fully saturated rings. The molecule has 3 rings (SSSR count).